The van der Waals surface area contributed by atoms with Gasteiger partial charge in [-0.15, -0.1) is 0 Å². The molecule has 0 amide bonds. The van der Waals surface area contributed by atoms with Crippen LogP contribution in [0.25, 0.3) is 0 Å². The monoisotopic (exact) mass is 379 g/mol. The molecule has 6 nitrogen and oxygen atoms in total. The van der Waals surface area contributed by atoms with Crippen molar-refractivity contribution < 1.29 is 0 Å². The fraction of sp³-hybridized carbons (Fsp3) is 0.636. The summed E-state index contributed by atoms with van der Waals surface area (Å²) in [7, 11) is 0. The fourth-order valence-electron chi connectivity index (χ4n) is 4.35. The van der Waals surface area contributed by atoms with E-state index >= 15 is 0 Å². The van der Waals surface area contributed by atoms with Crippen LogP contribution in [0.2, 0.25) is 0 Å². The van der Waals surface area contributed by atoms with E-state index < -0.39 is 0 Å². The molecule has 1 saturated heterocycles. The van der Waals surface area contributed by atoms with E-state index in [9.17, 15) is 4.79 Å². The molecule has 0 N–H and O–H groups in total. The summed E-state index contributed by atoms with van der Waals surface area (Å²) in [6.45, 7) is 3.80. The summed E-state index contributed by atoms with van der Waals surface area (Å²) in [5.41, 5.74) is 2.34. The molecular formula is C22H29N5O. The van der Waals surface area contributed by atoms with E-state index in [0.717, 1.165) is 50.5 Å². The van der Waals surface area contributed by atoms with E-state index in [4.69, 9.17) is 0 Å². The number of aromatic nitrogens is 4. The molecule has 6 heteroatoms. The van der Waals surface area contributed by atoms with Crippen LogP contribution in [-0.2, 0) is 13.1 Å². The predicted octanol–water partition coefficient (Wildman–Crippen LogP) is 3.09. The third kappa shape index (κ3) is 4.02. The average molecular weight is 380 g/mol. The molecular weight excluding hydrogens is 350 g/mol. The lowest BCUT2D eigenvalue weighted by atomic mass is 9.85. The largest absolute Gasteiger partial charge is 0.299 e. The van der Waals surface area contributed by atoms with Gasteiger partial charge in [0.1, 0.15) is 5.82 Å². The molecule has 3 fully saturated rings. The van der Waals surface area contributed by atoms with Gasteiger partial charge >= 0.3 is 0 Å². The lowest BCUT2D eigenvalue weighted by Gasteiger charge is -2.32. The Labute approximate surface area is 166 Å². The highest BCUT2D eigenvalue weighted by molar-refractivity contribution is 5.12. The molecule has 2 saturated carbocycles. The fourth-order valence-corrected chi connectivity index (χ4v) is 4.35. The van der Waals surface area contributed by atoms with Crippen molar-refractivity contribution in [2.24, 2.45) is 5.92 Å². The average Bonchev–Trinajstić information content (AvgIpc) is 3.50. The Morgan fingerprint density at radius 2 is 1.68 bits per heavy atom. The van der Waals surface area contributed by atoms with Gasteiger partial charge in [0.25, 0.3) is 5.56 Å². The van der Waals surface area contributed by atoms with Crippen LogP contribution < -0.4 is 5.56 Å². The van der Waals surface area contributed by atoms with E-state index in [1.165, 1.54) is 37.7 Å². The molecule has 1 aliphatic heterocycles. The molecule has 3 aliphatic rings. The van der Waals surface area contributed by atoms with Crippen LogP contribution in [-0.4, -0.2) is 37.7 Å². The maximum absolute atomic E-state index is 12.2. The van der Waals surface area contributed by atoms with Crippen LogP contribution in [0, 0.1) is 5.92 Å². The zero-order valence-electron chi connectivity index (χ0n) is 16.5. The number of likely N-dealkylation sites (tertiary alicyclic amines) is 1. The van der Waals surface area contributed by atoms with E-state index in [2.05, 4.69) is 20.0 Å². The normalized spacial score (nSPS) is 21.6. The van der Waals surface area contributed by atoms with E-state index in [1.807, 2.05) is 18.5 Å². The number of hydrogen-bond acceptors (Lipinski definition) is 5. The first-order chi connectivity index (χ1) is 13.7. The van der Waals surface area contributed by atoms with Crippen molar-refractivity contribution in [3.8, 4) is 0 Å². The highest BCUT2D eigenvalue weighted by Gasteiger charge is 2.26. The van der Waals surface area contributed by atoms with Crippen LogP contribution >= 0.6 is 0 Å². The van der Waals surface area contributed by atoms with E-state index in [1.54, 1.807) is 10.7 Å². The SMILES string of the molecule is O=c1ccc(C2CC2)nn1CC1CCN(Cc2cnc(C3CCC3)nc2)CC1. The zero-order chi connectivity index (χ0) is 18.9. The third-order valence-corrected chi connectivity index (χ3v) is 6.62. The molecule has 0 aromatic carbocycles. The second kappa shape index (κ2) is 7.74. The van der Waals surface area contributed by atoms with Crippen LogP contribution in [0.4, 0.5) is 0 Å². The molecule has 28 heavy (non-hydrogen) atoms. The van der Waals surface area contributed by atoms with Crippen molar-refractivity contribution in [1.29, 1.82) is 0 Å². The van der Waals surface area contributed by atoms with Gasteiger partial charge in [0, 0.05) is 48.9 Å². The molecule has 5 rings (SSSR count). The molecule has 0 atom stereocenters. The number of hydrogen-bond donors (Lipinski definition) is 0. The molecule has 0 bridgehead atoms. The lowest BCUT2D eigenvalue weighted by molar-refractivity contribution is 0.163. The Bertz CT molecular complexity index is 861. The van der Waals surface area contributed by atoms with E-state index in [0.29, 0.717) is 17.8 Å². The van der Waals surface area contributed by atoms with Gasteiger partial charge in [0.15, 0.2) is 0 Å². The predicted molar refractivity (Wildman–Crippen MR) is 107 cm³/mol. The van der Waals surface area contributed by atoms with Crippen molar-refractivity contribution in [3.05, 3.63) is 52.0 Å². The van der Waals surface area contributed by atoms with Gasteiger partial charge in [-0.3, -0.25) is 9.69 Å². The number of rotatable bonds is 6. The topological polar surface area (TPSA) is 63.9 Å². The minimum absolute atomic E-state index is 0.0375. The first-order valence-electron chi connectivity index (χ1n) is 10.9. The Hall–Kier alpha value is -2.08. The molecule has 2 aromatic heterocycles. The van der Waals surface area contributed by atoms with Crippen molar-refractivity contribution >= 4 is 0 Å². The highest BCUT2D eigenvalue weighted by Crippen LogP contribution is 2.38. The number of piperidine rings is 1. The Balaban J connectivity index is 1.13. The van der Waals surface area contributed by atoms with Gasteiger partial charge in [-0.05, 0) is 63.6 Å². The van der Waals surface area contributed by atoms with Crippen LogP contribution in [0.3, 0.4) is 0 Å². The highest BCUT2D eigenvalue weighted by atomic mass is 16.1. The van der Waals surface area contributed by atoms with Gasteiger partial charge < -0.3 is 0 Å². The van der Waals surface area contributed by atoms with Crippen molar-refractivity contribution in [3.63, 3.8) is 0 Å². The molecule has 148 valence electrons. The van der Waals surface area contributed by atoms with Crippen LogP contribution in [0.15, 0.2) is 29.3 Å². The number of nitrogens with zero attached hydrogens (tertiary/aromatic N) is 5. The minimum atomic E-state index is 0.0375. The lowest BCUT2D eigenvalue weighted by Crippen LogP contribution is -2.36. The molecule has 3 heterocycles. The standard InChI is InChI=1S/C22H29N5O/c28-21-7-6-20(18-4-5-18)25-27(21)15-16-8-10-26(11-9-16)14-17-12-23-22(24-13-17)19-2-1-3-19/h6-7,12-13,16,18-19H,1-5,8-11,14-15H2. The summed E-state index contributed by atoms with van der Waals surface area (Å²) in [4.78, 5) is 23.8. The van der Waals surface area contributed by atoms with Crippen LogP contribution in [0.1, 0.15) is 73.9 Å². The zero-order valence-corrected chi connectivity index (χ0v) is 16.5. The second-order valence-electron chi connectivity index (χ2n) is 8.85. The van der Waals surface area contributed by atoms with Crippen molar-refractivity contribution in [1.82, 2.24) is 24.6 Å². The quantitative estimate of drug-likeness (QED) is 0.772. The Morgan fingerprint density at radius 1 is 0.929 bits per heavy atom. The molecule has 0 spiro atoms. The first-order valence-corrected chi connectivity index (χ1v) is 10.9. The summed E-state index contributed by atoms with van der Waals surface area (Å²) in [5, 5.41) is 4.62. The molecule has 2 aliphatic carbocycles. The van der Waals surface area contributed by atoms with Gasteiger partial charge in [0.2, 0.25) is 0 Å². The summed E-state index contributed by atoms with van der Waals surface area (Å²) < 4.78 is 1.71. The van der Waals surface area contributed by atoms with Gasteiger partial charge in [-0.25, -0.2) is 14.6 Å². The van der Waals surface area contributed by atoms with Crippen molar-refractivity contribution in [2.45, 2.75) is 69.9 Å². The minimum Gasteiger partial charge on any atom is -0.299 e. The van der Waals surface area contributed by atoms with Gasteiger partial charge in [-0.1, -0.05) is 6.42 Å². The molecule has 2 aromatic rings. The second-order valence-corrected chi connectivity index (χ2v) is 8.85. The first kappa shape index (κ1) is 18.0. The summed E-state index contributed by atoms with van der Waals surface area (Å²) in [5.74, 6) is 2.75. The van der Waals surface area contributed by atoms with Crippen LogP contribution in [0.5, 0.6) is 0 Å². The maximum Gasteiger partial charge on any atom is 0.266 e. The molecule has 0 unspecified atom stereocenters. The van der Waals surface area contributed by atoms with Gasteiger partial charge in [0.05, 0.1) is 5.69 Å². The maximum atomic E-state index is 12.2. The summed E-state index contributed by atoms with van der Waals surface area (Å²) >= 11 is 0. The van der Waals surface area contributed by atoms with Gasteiger partial charge in [-0.2, -0.15) is 5.10 Å². The smallest absolute Gasteiger partial charge is 0.266 e. The van der Waals surface area contributed by atoms with Crippen molar-refractivity contribution in [2.75, 3.05) is 13.1 Å². The third-order valence-electron chi connectivity index (χ3n) is 6.62. The summed E-state index contributed by atoms with van der Waals surface area (Å²) in [6.07, 6.45) is 12.5. The Kier molecular flexibility index (Phi) is 4.97. The van der Waals surface area contributed by atoms with E-state index in [-0.39, 0.29) is 5.56 Å². The Morgan fingerprint density at radius 3 is 2.32 bits per heavy atom. The summed E-state index contributed by atoms with van der Waals surface area (Å²) in [6, 6.07) is 3.61. The molecule has 0 radical (unpaired) electrons.